The number of benzene rings is 2. The Morgan fingerprint density at radius 3 is 2.79 bits per heavy atom. The minimum Gasteiger partial charge on any atom is -0.478 e. The third-order valence-electron chi connectivity index (χ3n) is 4.06. The fourth-order valence-corrected chi connectivity index (χ4v) is 2.97. The average molecular weight is 320 g/mol. The van der Waals surface area contributed by atoms with Crippen LogP contribution in [0.1, 0.15) is 16.1 Å². The number of carbonyl (C=O) groups is 1. The number of nitrogens with zero attached hydrogens (tertiary/aromatic N) is 2. The molecule has 0 bridgehead atoms. The first kappa shape index (κ1) is 14.4. The number of aromatic carboxylic acids is 1. The maximum atomic E-state index is 13.2. The first-order chi connectivity index (χ1) is 11.6. The van der Waals surface area contributed by atoms with E-state index in [0.717, 1.165) is 16.5 Å². The van der Waals surface area contributed by atoms with Gasteiger partial charge < -0.3 is 9.67 Å². The number of hydrogen-bond acceptors (Lipinski definition) is 2. The van der Waals surface area contributed by atoms with Crippen LogP contribution in [0.2, 0.25) is 0 Å². The lowest BCUT2D eigenvalue weighted by atomic mass is 10.1. The number of carboxylic acid groups (broad SMARTS) is 1. The number of aromatic nitrogens is 2. The maximum absolute atomic E-state index is 13.2. The lowest BCUT2D eigenvalue weighted by Crippen LogP contribution is -2.05. The lowest BCUT2D eigenvalue weighted by molar-refractivity contribution is 0.0698. The Balaban J connectivity index is 1.79. The van der Waals surface area contributed by atoms with Crippen molar-refractivity contribution in [3.63, 3.8) is 0 Å². The molecule has 0 fully saturated rings. The van der Waals surface area contributed by atoms with Gasteiger partial charge >= 0.3 is 5.97 Å². The van der Waals surface area contributed by atoms with Gasteiger partial charge in [0, 0.05) is 17.0 Å². The van der Waals surface area contributed by atoms with Gasteiger partial charge in [0.2, 0.25) is 0 Å². The Hall–Kier alpha value is -3.21. The predicted octanol–water partition coefficient (Wildman–Crippen LogP) is 4.08. The minimum atomic E-state index is -0.956. The fraction of sp³-hybridized carbons (Fsp3) is 0.0526. The molecular formula is C19H13FN2O2. The van der Waals surface area contributed by atoms with E-state index in [1.165, 1.54) is 12.1 Å². The monoisotopic (exact) mass is 320 g/mol. The highest BCUT2D eigenvalue weighted by Crippen LogP contribution is 2.22. The van der Waals surface area contributed by atoms with Crippen molar-refractivity contribution < 1.29 is 14.3 Å². The van der Waals surface area contributed by atoms with Crippen LogP contribution < -0.4 is 0 Å². The normalized spacial score (nSPS) is 11.2. The van der Waals surface area contributed by atoms with E-state index < -0.39 is 5.97 Å². The van der Waals surface area contributed by atoms with Crippen molar-refractivity contribution >= 4 is 27.8 Å². The Kier molecular flexibility index (Phi) is 3.27. The van der Waals surface area contributed by atoms with Crippen molar-refractivity contribution in [1.29, 1.82) is 0 Å². The van der Waals surface area contributed by atoms with Crippen molar-refractivity contribution in [1.82, 2.24) is 9.55 Å². The van der Waals surface area contributed by atoms with Crippen LogP contribution in [0.5, 0.6) is 0 Å². The topological polar surface area (TPSA) is 55.1 Å². The quantitative estimate of drug-likeness (QED) is 0.619. The van der Waals surface area contributed by atoms with E-state index in [-0.39, 0.29) is 11.4 Å². The zero-order chi connectivity index (χ0) is 16.7. The number of rotatable bonds is 3. The van der Waals surface area contributed by atoms with Crippen LogP contribution in [0.4, 0.5) is 4.39 Å². The molecule has 0 atom stereocenters. The van der Waals surface area contributed by atoms with Crippen molar-refractivity contribution in [2.45, 2.75) is 6.54 Å². The second-order valence-corrected chi connectivity index (χ2v) is 5.63. The molecular weight excluding hydrogens is 307 g/mol. The summed E-state index contributed by atoms with van der Waals surface area (Å²) in [6.07, 6.45) is 1.85. The molecule has 0 unspecified atom stereocenters. The summed E-state index contributed by atoms with van der Waals surface area (Å²) in [5.74, 6) is -1.25. The third kappa shape index (κ3) is 2.40. The molecule has 0 aliphatic rings. The van der Waals surface area contributed by atoms with E-state index in [0.29, 0.717) is 17.6 Å². The van der Waals surface area contributed by atoms with Gasteiger partial charge in [0.25, 0.3) is 0 Å². The Bertz CT molecular complexity index is 1090. The number of halogens is 1. The van der Waals surface area contributed by atoms with Crippen molar-refractivity contribution in [2.75, 3.05) is 0 Å². The van der Waals surface area contributed by atoms with Crippen molar-refractivity contribution in [2.24, 2.45) is 0 Å². The maximum Gasteiger partial charge on any atom is 0.337 e. The van der Waals surface area contributed by atoms with Crippen LogP contribution in [0.3, 0.4) is 0 Å². The molecule has 5 heteroatoms. The molecule has 0 saturated carbocycles. The Morgan fingerprint density at radius 1 is 1.08 bits per heavy atom. The zero-order valence-corrected chi connectivity index (χ0v) is 12.6. The van der Waals surface area contributed by atoms with Gasteiger partial charge in [-0.15, -0.1) is 0 Å². The van der Waals surface area contributed by atoms with Gasteiger partial charge in [-0.1, -0.05) is 18.2 Å². The van der Waals surface area contributed by atoms with Gasteiger partial charge in [0.05, 0.1) is 28.8 Å². The molecule has 4 rings (SSSR count). The van der Waals surface area contributed by atoms with E-state index in [2.05, 4.69) is 4.98 Å². The molecule has 0 saturated heterocycles. The zero-order valence-electron chi connectivity index (χ0n) is 12.6. The molecule has 1 N–H and O–H groups in total. The van der Waals surface area contributed by atoms with Crippen molar-refractivity contribution in [3.05, 3.63) is 77.9 Å². The molecule has 4 nitrogen and oxygen atoms in total. The summed E-state index contributed by atoms with van der Waals surface area (Å²) in [5, 5.41) is 11.0. The average Bonchev–Trinajstić information content (AvgIpc) is 2.98. The van der Waals surface area contributed by atoms with Crippen LogP contribution in [0, 0.1) is 5.82 Å². The standard InChI is InChI=1S/C19H13FN2O2/c20-14-5-7-17-13(10-14)4-6-15(21-17)11-22-9-8-12-2-1-3-16(18(12)22)19(23)24/h1-10H,11H2,(H,23,24). The van der Waals surface area contributed by atoms with Gasteiger partial charge in [0.1, 0.15) is 5.82 Å². The van der Waals surface area contributed by atoms with Crippen LogP contribution in [-0.4, -0.2) is 20.6 Å². The smallest absolute Gasteiger partial charge is 0.337 e. The molecule has 2 aromatic carbocycles. The van der Waals surface area contributed by atoms with Crippen LogP contribution in [0.15, 0.2) is 60.8 Å². The van der Waals surface area contributed by atoms with Gasteiger partial charge in [0.15, 0.2) is 0 Å². The van der Waals surface area contributed by atoms with Crippen molar-refractivity contribution in [3.8, 4) is 0 Å². The number of carboxylic acids is 1. The van der Waals surface area contributed by atoms with Gasteiger partial charge in [-0.25, -0.2) is 9.18 Å². The molecule has 0 amide bonds. The second kappa shape index (κ2) is 5.45. The molecule has 0 aliphatic carbocycles. The number of pyridine rings is 1. The first-order valence-electron chi connectivity index (χ1n) is 7.48. The van der Waals surface area contributed by atoms with E-state index >= 15 is 0 Å². The van der Waals surface area contributed by atoms with E-state index in [1.54, 1.807) is 18.2 Å². The first-order valence-corrected chi connectivity index (χ1v) is 7.48. The summed E-state index contributed by atoms with van der Waals surface area (Å²) in [5.41, 5.74) is 2.43. The summed E-state index contributed by atoms with van der Waals surface area (Å²) >= 11 is 0. The highest BCUT2D eigenvalue weighted by molar-refractivity contribution is 6.02. The van der Waals surface area contributed by atoms with Gasteiger partial charge in [-0.3, -0.25) is 4.98 Å². The SMILES string of the molecule is O=C(O)c1cccc2ccn(Cc3ccc4cc(F)ccc4n3)c12. The summed E-state index contributed by atoms with van der Waals surface area (Å²) in [7, 11) is 0. The molecule has 118 valence electrons. The Morgan fingerprint density at radius 2 is 1.96 bits per heavy atom. The molecule has 0 aliphatic heterocycles. The third-order valence-corrected chi connectivity index (χ3v) is 4.06. The summed E-state index contributed by atoms with van der Waals surface area (Å²) < 4.78 is 15.1. The van der Waals surface area contributed by atoms with Gasteiger partial charge in [-0.05, 0) is 36.4 Å². The molecule has 0 spiro atoms. The van der Waals surface area contributed by atoms with Crippen LogP contribution >= 0.6 is 0 Å². The molecule has 4 aromatic rings. The van der Waals surface area contributed by atoms with E-state index in [1.807, 2.05) is 35.0 Å². The summed E-state index contributed by atoms with van der Waals surface area (Å²) in [6.45, 7) is 0.446. The van der Waals surface area contributed by atoms with Gasteiger partial charge in [-0.2, -0.15) is 0 Å². The number of para-hydroxylation sites is 1. The van der Waals surface area contributed by atoms with Crippen LogP contribution in [-0.2, 0) is 6.54 Å². The number of hydrogen-bond donors (Lipinski definition) is 1. The largest absolute Gasteiger partial charge is 0.478 e. The minimum absolute atomic E-state index is 0.264. The molecule has 2 heterocycles. The molecule has 2 aromatic heterocycles. The van der Waals surface area contributed by atoms with E-state index in [4.69, 9.17) is 0 Å². The Labute approximate surface area is 136 Å². The van der Waals surface area contributed by atoms with Crippen LogP contribution in [0.25, 0.3) is 21.8 Å². The molecule has 24 heavy (non-hydrogen) atoms. The highest BCUT2D eigenvalue weighted by atomic mass is 19.1. The lowest BCUT2D eigenvalue weighted by Gasteiger charge is -2.08. The summed E-state index contributed by atoms with van der Waals surface area (Å²) in [6, 6.07) is 15.2. The summed E-state index contributed by atoms with van der Waals surface area (Å²) in [4.78, 5) is 16.0. The fourth-order valence-electron chi connectivity index (χ4n) is 2.97. The second-order valence-electron chi connectivity index (χ2n) is 5.63. The number of fused-ring (bicyclic) bond motifs is 2. The molecule has 0 radical (unpaired) electrons. The highest BCUT2D eigenvalue weighted by Gasteiger charge is 2.12. The van der Waals surface area contributed by atoms with E-state index in [9.17, 15) is 14.3 Å². The predicted molar refractivity (Wildman–Crippen MR) is 89.7 cm³/mol.